The van der Waals surface area contributed by atoms with Gasteiger partial charge in [-0.15, -0.1) is 0 Å². The maximum atomic E-state index is 12.7. The quantitative estimate of drug-likeness (QED) is 0.483. The summed E-state index contributed by atoms with van der Waals surface area (Å²) < 4.78 is 11.5. The third-order valence-electron chi connectivity index (χ3n) is 4.35. The van der Waals surface area contributed by atoms with Gasteiger partial charge in [0.05, 0.1) is 30.9 Å². The van der Waals surface area contributed by atoms with Gasteiger partial charge in [-0.25, -0.2) is 0 Å². The molecule has 0 fully saturated rings. The van der Waals surface area contributed by atoms with Gasteiger partial charge in [0.1, 0.15) is 11.5 Å². The lowest BCUT2D eigenvalue weighted by Gasteiger charge is -2.25. The van der Waals surface area contributed by atoms with Gasteiger partial charge in [-0.2, -0.15) is 0 Å². The number of nitrogens with zero attached hydrogens (tertiary/aromatic N) is 2. The maximum absolute atomic E-state index is 12.7. The molecule has 0 radical (unpaired) electrons. The summed E-state index contributed by atoms with van der Waals surface area (Å²) in [5.74, 6) is 0.765. The third-order valence-corrected chi connectivity index (χ3v) is 4.85. The second kappa shape index (κ2) is 9.52. The summed E-state index contributed by atoms with van der Waals surface area (Å²) in [4.78, 5) is 25.0. The van der Waals surface area contributed by atoms with Crippen molar-refractivity contribution < 1.29 is 19.2 Å². The van der Waals surface area contributed by atoms with E-state index in [-0.39, 0.29) is 17.3 Å². The summed E-state index contributed by atoms with van der Waals surface area (Å²) in [6.07, 6.45) is 0. The summed E-state index contributed by atoms with van der Waals surface area (Å²) in [5, 5.41) is 13.7. The summed E-state index contributed by atoms with van der Waals surface area (Å²) in [5.41, 5.74) is 1.05. The van der Waals surface area contributed by atoms with E-state index < -0.39 is 11.0 Å². The van der Waals surface area contributed by atoms with Crippen LogP contribution >= 0.6 is 15.9 Å². The Morgan fingerprint density at radius 1 is 1.21 bits per heavy atom. The molecule has 0 saturated heterocycles. The van der Waals surface area contributed by atoms with E-state index in [0.29, 0.717) is 12.3 Å². The summed E-state index contributed by atoms with van der Waals surface area (Å²) in [7, 11) is 4.85. The van der Waals surface area contributed by atoms with Crippen LogP contribution in [0.15, 0.2) is 40.9 Å². The standard InChI is InChI=1S/C19H22BrN3O5/c1-12(22(2)11-13-9-14(20)5-7-17(13)27-3)19(24)21-16-10-15(23(25)26)6-8-18(16)28-4/h5-10,12H,11H2,1-4H3,(H,21,24)/t12-/m1/s1. The van der Waals surface area contributed by atoms with Gasteiger partial charge in [0.2, 0.25) is 5.91 Å². The molecule has 0 heterocycles. The molecule has 0 spiro atoms. The molecule has 2 rings (SSSR count). The maximum Gasteiger partial charge on any atom is 0.271 e. The number of rotatable bonds is 8. The Kier molecular flexibility index (Phi) is 7.36. The molecule has 0 bridgehead atoms. The lowest BCUT2D eigenvalue weighted by Crippen LogP contribution is -2.39. The predicted molar refractivity (Wildman–Crippen MR) is 110 cm³/mol. The second-order valence-electron chi connectivity index (χ2n) is 6.18. The van der Waals surface area contributed by atoms with Gasteiger partial charge in [-0.05, 0) is 38.2 Å². The Labute approximate surface area is 171 Å². The predicted octanol–water partition coefficient (Wildman–Crippen LogP) is 3.83. The van der Waals surface area contributed by atoms with Crippen molar-refractivity contribution in [3.63, 3.8) is 0 Å². The van der Waals surface area contributed by atoms with Crippen LogP contribution in [-0.4, -0.2) is 43.0 Å². The number of halogens is 1. The van der Waals surface area contributed by atoms with E-state index in [1.165, 1.54) is 25.3 Å². The van der Waals surface area contributed by atoms with Crippen molar-refractivity contribution in [2.45, 2.75) is 19.5 Å². The monoisotopic (exact) mass is 451 g/mol. The number of ether oxygens (including phenoxy) is 2. The Morgan fingerprint density at radius 2 is 1.86 bits per heavy atom. The molecule has 8 nitrogen and oxygen atoms in total. The fourth-order valence-corrected chi connectivity index (χ4v) is 3.03. The molecule has 0 aliphatic heterocycles. The highest BCUT2D eigenvalue weighted by molar-refractivity contribution is 9.10. The van der Waals surface area contributed by atoms with Crippen LogP contribution in [0.25, 0.3) is 0 Å². The van der Waals surface area contributed by atoms with Crippen molar-refractivity contribution >= 4 is 33.2 Å². The minimum absolute atomic E-state index is 0.129. The van der Waals surface area contributed by atoms with Crippen molar-refractivity contribution in [1.82, 2.24) is 4.90 Å². The number of amides is 1. The number of nitro groups is 1. The smallest absolute Gasteiger partial charge is 0.271 e. The Balaban J connectivity index is 2.15. The molecule has 0 unspecified atom stereocenters. The largest absolute Gasteiger partial charge is 0.496 e. The van der Waals surface area contributed by atoms with Crippen molar-refractivity contribution in [2.75, 3.05) is 26.6 Å². The van der Waals surface area contributed by atoms with Crippen LogP contribution in [0.2, 0.25) is 0 Å². The van der Waals surface area contributed by atoms with Gasteiger partial charge in [0.25, 0.3) is 5.69 Å². The number of benzene rings is 2. The molecular weight excluding hydrogens is 430 g/mol. The lowest BCUT2D eigenvalue weighted by atomic mass is 10.1. The van der Waals surface area contributed by atoms with E-state index in [0.717, 1.165) is 15.8 Å². The van der Waals surface area contributed by atoms with Crippen LogP contribution in [0.1, 0.15) is 12.5 Å². The highest BCUT2D eigenvalue weighted by Crippen LogP contribution is 2.29. The van der Waals surface area contributed by atoms with Crippen molar-refractivity contribution in [2.24, 2.45) is 0 Å². The van der Waals surface area contributed by atoms with Gasteiger partial charge in [0, 0.05) is 28.7 Å². The number of nitro benzene ring substituents is 1. The summed E-state index contributed by atoms with van der Waals surface area (Å²) >= 11 is 3.44. The van der Waals surface area contributed by atoms with Crippen molar-refractivity contribution in [3.05, 3.63) is 56.5 Å². The molecular formula is C19H22BrN3O5. The van der Waals surface area contributed by atoms with Crippen molar-refractivity contribution in [1.29, 1.82) is 0 Å². The molecule has 1 amide bonds. The first kappa shape index (κ1) is 21.6. The zero-order chi connectivity index (χ0) is 20.8. The number of likely N-dealkylation sites (N-methyl/N-ethyl adjacent to an activating group) is 1. The molecule has 0 aromatic heterocycles. The molecule has 150 valence electrons. The number of hydrogen-bond donors (Lipinski definition) is 1. The van der Waals surface area contributed by atoms with E-state index >= 15 is 0 Å². The Bertz CT molecular complexity index is 875. The lowest BCUT2D eigenvalue weighted by molar-refractivity contribution is -0.384. The molecule has 1 N–H and O–H groups in total. The number of non-ortho nitro benzene ring substituents is 1. The zero-order valence-corrected chi connectivity index (χ0v) is 17.6. The molecule has 0 saturated carbocycles. The van der Waals surface area contributed by atoms with E-state index in [1.54, 1.807) is 14.0 Å². The summed E-state index contributed by atoms with van der Waals surface area (Å²) in [6.45, 7) is 2.23. The highest BCUT2D eigenvalue weighted by atomic mass is 79.9. The molecule has 0 aliphatic rings. The van der Waals surface area contributed by atoms with Crippen LogP contribution in [0.5, 0.6) is 11.5 Å². The average Bonchev–Trinajstić information content (AvgIpc) is 2.67. The first-order valence-electron chi connectivity index (χ1n) is 8.42. The van der Waals surface area contributed by atoms with Crippen LogP contribution in [0.3, 0.4) is 0 Å². The molecule has 0 aliphatic carbocycles. The number of anilines is 1. The topological polar surface area (TPSA) is 93.9 Å². The number of carbonyl (C=O) groups excluding carboxylic acids is 1. The van der Waals surface area contributed by atoms with Crippen LogP contribution in [0.4, 0.5) is 11.4 Å². The zero-order valence-electron chi connectivity index (χ0n) is 16.1. The first-order valence-corrected chi connectivity index (χ1v) is 9.22. The molecule has 2 aromatic carbocycles. The van der Waals surface area contributed by atoms with Crippen LogP contribution in [-0.2, 0) is 11.3 Å². The number of methoxy groups -OCH3 is 2. The van der Waals surface area contributed by atoms with Gasteiger partial charge in [0.15, 0.2) is 0 Å². The molecule has 1 atom stereocenters. The van der Waals surface area contributed by atoms with E-state index in [1.807, 2.05) is 30.1 Å². The average molecular weight is 452 g/mol. The fourth-order valence-electron chi connectivity index (χ4n) is 2.62. The minimum Gasteiger partial charge on any atom is -0.496 e. The SMILES string of the molecule is COc1ccc(Br)cc1CN(C)[C@H](C)C(=O)Nc1cc([N+](=O)[O-])ccc1OC. The first-order chi connectivity index (χ1) is 13.3. The summed E-state index contributed by atoms with van der Waals surface area (Å²) in [6, 6.07) is 9.22. The normalized spacial score (nSPS) is 11.8. The highest BCUT2D eigenvalue weighted by Gasteiger charge is 2.22. The molecule has 2 aromatic rings. The van der Waals surface area contributed by atoms with Gasteiger partial charge in [-0.3, -0.25) is 19.8 Å². The van der Waals surface area contributed by atoms with E-state index in [4.69, 9.17) is 9.47 Å². The van der Waals surface area contributed by atoms with Gasteiger partial charge >= 0.3 is 0 Å². The Morgan fingerprint density at radius 3 is 2.46 bits per heavy atom. The van der Waals surface area contributed by atoms with Gasteiger partial charge in [-0.1, -0.05) is 15.9 Å². The van der Waals surface area contributed by atoms with Crippen LogP contribution < -0.4 is 14.8 Å². The number of nitrogens with one attached hydrogen (secondary N) is 1. The third kappa shape index (κ3) is 5.20. The van der Waals surface area contributed by atoms with Crippen molar-refractivity contribution in [3.8, 4) is 11.5 Å². The molecule has 9 heteroatoms. The fraction of sp³-hybridized carbons (Fsp3) is 0.316. The van der Waals surface area contributed by atoms with Gasteiger partial charge < -0.3 is 14.8 Å². The minimum atomic E-state index is -0.524. The number of hydrogen-bond acceptors (Lipinski definition) is 6. The van der Waals surface area contributed by atoms with E-state index in [2.05, 4.69) is 21.2 Å². The van der Waals surface area contributed by atoms with Crippen LogP contribution in [0, 0.1) is 10.1 Å². The van der Waals surface area contributed by atoms with E-state index in [9.17, 15) is 14.9 Å². The Hall–Kier alpha value is -2.65. The second-order valence-corrected chi connectivity index (χ2v) is 7.09. The molecule has 28 heavy (non-hydrogen) atoms. The number of carbonyl (C=O) groups is 1.